The molecule has 1 fully saturated rings. The van der Waals surface area contributed by atoms with E-state index < -0.39 is 16.0 Å². The summed E-state index contributed by atoms with van der Waals surface area (Å²) in [7, 11) is -2.24. The van der Waals surface area contributed by atoms with Gasteiger partial charge in [0.25, 0.3) is 0 Å². The van der Waals surface area contributed by atoms with Crippen molar-refractivity contribution in [2.75, 3.05) is 33.3 Å². The summed E-state index contributed by atoms with van der Waals surface area (Å²) >= 11 is 0. The predicted octanol–water partition coefficient (Wildman–Crippen LogP) is -0.0838. The molecule has 1 aromatic carbocycles. The Labute approximate surface area is 123 Å². The minimum atomic E-state index is -3.69. The van der Waals surface area contributed by atoms with Crippen LogP contribution in [0.4, 0.5) is 0 Å². The third kappa shape index (κ3) is 3.52. The van der Waals surface area contributed by atoms with Crippen molar-refractivity contribution in [1.29, 1.82) is 0 Å². The molecule has 0 aromatic heterocycles. The largest absolute Gasteiger partial charge is 0.497 e. The molecule has 2 N–H and O–H groups in total. The van der Waals surface area contributed by atoms with Gasteiger partial charge in [0.05, 0.1) is 18.4 Å². The van der Waals surface area contributed by atoms with Crippen LogP contribution in [-0.4, -0.2) is 57.1 Å². The second-order valence-corrected chi connectivity index (χ2v) is 6.60. The van der Waals surface area contributed by atoms with E-state index in [-0.39, 0.29) is 16.9 Å². The maximum Gasteiger partial charge on any atom is 0.307 e. The van der Waals surface area contributed by atoms with Gasteiger partial charge in [0.15, 0.2) is 0 Å². The Kier molecular flexibility index (Phi) is 4.81. The normalized spacial score (nSPS) is 16.6. The lowest BCUT2D eigenvalue weighted by atomic mass is 10.1. The quantitative estimate of drug-likeness (QED) is 0.789. The van der Waals surface area contributed by atoms with Crippen LogP contribution >= 0.6 is 0 Å². The van der Waals surface area contributed by atoms with E-state index in [2.05, 4.69) is 5.32 Å². The van der Waals surface area contributed by atoms with Gasteiger partial charge in [0.1, 0.15) is 5.75 Å². The first-order valence-corrected chi connectivity index (χ1v) is 7.98. The number of methoxy groups -OCH3 is 1. The monoisotopic (exact) mass is 314 g/mol. The summed E-state index contributed by atoms with van der Waals surface area (Å²) in [6, 6.07) is 4.40. The molecule has 0 amide bonds. The molecule has 0 saturated carbocycles. The molecule has 1 aliphatic heterocycles. The van der Waals surface area contributed by atoms with Crippen LogP contribution < -0.4 is 10.1 Å². The summed E-state index contributed by atoms with van der Waals surface area (Å²) in [6.07, 6.45) is -0.363. The Morgan fingerprint density at radius 1 is 1.38 bits per heavy atom. The SMILES string of the molecule is COc1ccc(S(=O)(=O)N2CCNCC2)c(CC(=O)O)c1. The zero-order valence-electron chi connectivity index (χ0n) is 11.7. The van der Waals surface area contributed by atoms with Crippen molar-refractivity contribution in [3.05, 3.63) is 23.8 Å². The molecule has 0 atom stereocenters. The lowest BCUT2D eigenvalue weighted by Crippen LogP contribution is -2.46. The average molecular weight is 314 g/mol. The smallest absolute Gasteiger partial charge is 0.307 e. The Morgan fingerprint density at radius 2 is 2.05 bits per heavy atom. The minimum absolute atomic E-state index is 0.0348. The van der Waals surface area contributed by atoms with Crippen molar-refractivity contribution in [2.45, 2.75) is 11.3 Å². The second kappa shape index (κ2) is 6.42. The number of nitrogens with zero attached hydrogens (tertiary/aromatic N) is 1. The predicted molar refractivity (Wildman–Crippen MR) is 76.0 cm³/mol. The van der Waals surface area contributed by atoms with E-state index in [0.29, 0.717) is 31.9 Å². The molecule has 0 bridgehead atoms. The fourth-order valence-electron chi connectivity index (χ4n) is 2.26. The highest BCUT2D eigenvalue weighted by Gasteiger charge is 2.28. The number of benzene rings is 1. The van der Waals surface area contributed by atoms with E-state index in [1.165, 1.54) is 29.6 Å². The summed E-state index contributed by atoms with van der Waals surface area (Å²) < 4.78 is 31.7. The number of carbonyl (C=O) groups is 1. The standard InChI is InChI=1S/C13H18N2O5S/c1-20-11-2-3-12(10(8-11)9-13(16)17)21(18,19)15-6-4-14-5-7-15/h2-3,8,14H,4-7,9H2,1H3,(H,16,17). The van der Waals surface area contributed by atoms with E-state index in [1.807, 2.05) is 0 Å². The number of nitrogens with one attached hydrogen (secondary N) is 1. The molecule has 1 saturated heterocycles. The van der Waals surface area contributed by atoms with Crippen molar-refractivity contribution in [3.63, 3.8) is 0 Å². The number of aliphatic carboxylic acids is 1. The van der Waals surface area contributed by atoms with Gasteiger partial charge in [-0.25, -0.2) is 8.42 Å². The van der Waals surface area contributed by atoms with E-state index in [4.69, 9.17) is 9.84 Å². The van der Waals surface area contributed by atoms with Gasteiger partial charge in [-0.15, -0.1) is 0 Å². The van der Waals surface area contributed by atoms with Crippen molar-refractivity contribution >= 4 is 16.0 Å². The number of carboxylic acids is 1. The molecule has 7 nitrogen and oxygen atoms in total. The number of ether oxygens (including phenoxy) is 1. The first-order chi connectivity index (χ1) is 9.95. The third-order valence-electron chi connectivity index (χ3n) is 3.30. The lowest BCUT2D eigenvalue weighted by Gasteiger charge is -2.27. The first-order valence-electron chi connectivity index (χ1n) is 6.54. The van der Waals surface area contributed by atoms with Crippen molar-refractivity contribution in [1.82, 2.24) is 9.62 Å². The highest BCUT2D eigenvalue weighted by Crippen LogP contribution is 2.25. The molecule has 2 rings (SSSR count). The van der Waals surface area contributed by atoms with Crippen LogP contribution in [0.1, 0.15) is 5.56 Å². The molecule has 8 heteroatoms. The summed E-state index contributed by atoms with van der Waals surface area (Å²) in [5.74, 6) is -0.648. The highest BCUT2D eigenvalue weighted by atomic mass is 32.2. The lowest BCUT2D eigenvalue weighted by molar-refractivity contribution is -0.136. The summed E-state index contributed by atoms with van der Waals surface area (Å²) in [5, 5.41) is 12.1. The van der Waals surface area contributed by atoms with Crippen LogP contribution in [0, 0.1) is 0 Å². The second-order valence-electron chi connectivity index (χ2n) is 4.70. The van der Waals surface area contributed by atoms with Crippen molar-refractivity contribution in [2.24, 2.45) is 0 Å². The van der Waals surface area contributed by atoms with Gasteiger partial charge in [-0.1, -0.05) is 0 Å². The maximum absolute atomic E-state index is 12.7. The number of carboxylic acid groups (broad SMARTS) is 1. The molecular formula is C13H18N2O5S. The van der Waals surface area contributed by atoms with Crippen LogP contribution in [0.15, 0.2) is 23.1 Å². The van der Waals surface area contributed by atoms with Crippen LogP contribution in [0.25, 0.3) is 0 Å². The maximum atomic E-state index is 12.7. The van der Waals surface area contributed by atoms with Gasteiger partial charge in [0.2, 0.25) is 10.0 Å². The summed E-state index contributed by atoms with van der Waals surface area (Å²) in [5.41, 5.74) is 0.236. The van der Waals surface area contributed by atoms with Crippen LogP contribution in [-0.2, 0) is 21.2 Å². The van der Waals surface area contributed by atoms with Crippen molar-refractivity contribution in [3.8, 4) is 5.75 Å². The third-order valence-corrected chi connectivity index (χ3v) is 5.30. The Balaban J connectivity index is 2.43. The summed E-state index contributed by atoms with van der Waals surface area (Å²) in [4.78, 5) is 11.0. The zero-order chi connectivity index (χ0) is 15.5. The average Bonchev–Trinajstić information content (AvgIpc) is 2.47. The first kappa shape index (κ1) is 15.7. The molecule has 1 aromatic rings. The Morgan fingerprint density at radius 3 is 2.62 bits per heavy atom. The zero-order valence-corrected chi connectivity index (χ0v) is 12.5. The van der Waals surface area contributed by atoms with Gasteiger partial charge in [-0.3, -0.25) is 4.79 Å². The van der Waals surface area contributed by atoms with Gasteiger partial charge >= 0.3 is 5.97 Å². The van der Waals surface area contributed by atoms with Crippen LogP contribution in [0.3, 0.4) is 0 Å². The molecular weight excluding hydrogens is 296 g/mol. The van der Waals surface area contributed by atoms with Gasteiger partial charge in [-0.05, 0) is 23.8 Å². The minimum Gasteiger partial charge on any atom is -0.497 e. The van der Waals surface area contributed by atoms with Gasteiger partial charge < -0.3 is 15.2 Å². The fourth-order valence-corrected chi connectivity index (χ4v) is 3.90. The van der Waals surface area contributed by atoms with E-state index in [9.17, 15) is 13.2 Å². The number of hydrogen-bond donors (Lipinski definition) is 2. The number of sulfonamides is 1. The fraction of sp³-hybridized carbons (Fsp3) is 0.462. The molecule has 1 heterocycles. The Hall–Kier alpha value is -1.64. The highest BCUT2D eigenvalue weighted by molar-refractivity contribution is 7.89. The van der Waals surface area contributed by atoms with Gasteiger partial charge in [0, 0.05) is 26.2 Å². The molecule has 0 spiro atoms. The van der Waals surface area contributed by atoms with E-state index in [1.54, 1.807) is 0 Å². The van der Waals surface area contributed by atoms with E-state index in [0.717, 1.165) is 0 Å². The molecule has 0 radical (unpaired) electrons. The van der Waals surface area contributed by atoms with Crippen molar-refractivity contribution < 1.29 is 23.1 Å². The topological polar surface area (TPSA) is 95.9 Å². The Bertz CT molecular complexity index is 623. The number of rotatable bonds is 5. The molecule has 116 valence electrons. The van der Waals surface area contributed by atoms with E-state index >= 15 is 0 Å². The van der Waals surface area contributed by atoms with Crippen LogP contribution in [0.2, 0.25) is 0 Å². The molecule has 1 aliphatic rings. The summed E-state index contributed by atoms with van der Waals surface area (Å²) in [6.45, 7) is 1.93. The van der Waals surface area contributed by atoms with Crippen LogP contribution in [0.5, 0.6) is 5.75 Å². The number of hydrogen-bond acceptors (Lipinski definition) is 5. The molecule has 0 aliphatic carbocycles. The van der Waals surface area contributed by atoms with Gasteiger partial charge in [-0.2, -0.15) is 4.31 Å². The molecule has 0 unspecified atom stereocenters. The molecule has 21 heavy (non-hydrogen) atoms. The number of piperazine rings is 1.